The fraction of sp³-hybridized carbons (Fsp3) is 0.200. The van der Waals surface area contributed by atoms with Crippen molar-refractivity contribution in [2.24, 2.45) is 0 Å². The first kappa shape index (κ1) is 11.3. The molecule has 6 heteroatoms. The number of nitrogens with zero attached hydrogens (tertiary/aromatic N) is 2. The molecule has 1 heterocycles. The number of rotatable bonds is 4. The molecule has 0 unspecified atom stereocenters. The van der Waals surface area contributed by atoms with Gasteiger partial charge in [-0.3, -0.25) is 0 Å². The van der Waals surface area contributed by atoms with Gasteiger partial charge < -0.3 is 9.84 Å². The number of benzene rings is 1. The SMILES string of the molecule is OCc1ccc(OCc2nnsc2Cl)cc1. The van der Waals surface area contributed by atoms with Crippen molar-refractivity contribution in [3.63, 3.8) is 0 Å². The average molecular weight is 257 g/mol. The molecule has 0 fully saturated rings. The fourth-order valence-corrected chi connectivity index (χ4v) is 1.73. The van der Waals surface area contributed by atoms with Crippen LogP contribution in [0.25, 0.3) is 0 Å². The number of halogens is 1. The van der Waals surface area contributed by atoms with Crippen LogP contribution in [0.5, 0.6) is 5.75 Å². The topological polar surface area (TPSA) is 55.2 Å². The van der Waals surface area contributed by atoms with Gasteiger partial charge in [0.15, 0.2) is 0 Å². The summed E-state index contributed by atoms with van der Waals surface area (Å²) in [6.07, 6.45) is 0. The monoisotopic (exact) mass is 256 g/mol. The molecule has 16 heavy (non-hydrogen) atoms. The average Bonchev–Trinajstić information content (AvgIpc) is 2.73. The van der Waals surface area contributed by atoms with Gasteiger partial charge in [0.2, 0.25) is 0 Å². The van der Waals surface area contributed by atoms with E-state index in [1.807, 2.05) is 0 Å². The van der Waals surface area contributed by atoms with Crippen LogP contribution >= 0.6 is 23.1 Å². The molecule has 1 aromatic heterocycles. The molecule has 0 saturated carbocycles. The van der Waals surface area contributed by atoms with E-state index in [9.17, 15) is 0 Å². The molecule has 2 aromatic rings. The van der Waals surface area contributed by atoms with Gasteiger partial charge in [-0.2, -0.15) is 0 Å². The van der Waals surface area contributed by atoms with E-state index in [0.29, 0.717) is 22.4 Å². The molecule has 0 amide bonds. The molecule has 0 saturated heterocycles. The smallest absolute Gasteiger partial charge is 0.141 e. The molecule has 1 N–H and O–H groups in total. The Labute approximate surface area is 102 Å². The maximum absolute atomic E-state index is 8.87. The number of aromatic nitrogens is 2. The Morgan fingerprint density at radius 3 is 2.62 bits per heavy atom. The van der Waals surface area contributed by atoms with Crippen molar-refractivity contribution >= 4 is 23.1 Å². The van der Waals surface area contributed by atoms with Gasteiger partial charge in [-0.05, 0) is 17.7 Å². The van der Waals surface area contributed by atoms with Gasteiger partial charge >= 0.3 is 0 Å². The van der Waals surface area contributed by atoms with Gasteiger partial charge in [0.1, 0.15) is 22.4 Å². The third-order valence-corrected chi connectivity index (χ3v) is 2.98. The third-order valence-electron chi connectivity index (χ3n) is 1.99. The third kappa shape index (κ3) is 2.69. The van der Waals surface area contributed by atoms with Crippen molar-refractivity contribution in [3.05, 3.63) is 39.9 Å². The van der Waals surface area contributed by atoms with Gasteiger partial charge in [0.25, 0.3) is 0 Å². The van der Waals surface area contributed by atoms with Crippen LogP contribution in [0.15, 0.2) is 24.3 Å². The van der Waals surface area contributed by atoms with Gasteiger partial charge in [0, 0.05) is 11.5 Å². The van der Waals surface area contributed by atoms with Gasteiger partial charge in [0.05, 0.1) is 6.61 Å². The summed E-state index contributed by atoms with van der Waals surface area (Å²) in [4.78, 5) is 0. The molecule has 0 spiro atoms. The zero-order chi connectivity index (χ0) is 11.4. The van der Waals surface area contributed by atoms with Gasteiger partial charge in [-0.25, -0.2) is 0 Å². The van der Waals surface area contributed by atoms with E-state index in [1.54, 1.807) is 24.3 Å². The number of aliphatic hydroxyl groups excluding tert-OH is 1. The molecular formula is C10H9ClN2O2S. The highest BCUT2D eigenvalue weighted by Gasteiger charge is 2.05. The Morgan fingerprint density at radius 1 is 1.31 bits per heavy atom. The van der Waals surface area contributed by atoms with E-state index in [1.165, 1.54) is 0 Å². The summed E-state index contributed by atoms with van der Waals surface area (Å²) >= 11 is 6.97. The van der Waals surface area contributed by atoms with Gasteiger partial charge in [-0.1, -0.05) is 28.2 Å². The molecule has 0 aliphatic heterocycles. The van der Waals surface area contributed by atoms with E-state index < -0.39 is 0 Å². The second-order valence-corrected chi connectivity index (χ2v) is 4.44. The molecular weight excluding hydrogens is 248 g/mol. The summed E-state index contributed by atoms with van der Waals surface area (Å²) in [6.45, 7) is 0.329. The lowest BCUT2D eigenvalue weighted by atomic mass is 10.2. The van der Waals surface area contributed by atoms with Crippen LogP contribution in [0.4, 0.5) is 0 Å². The quantitative estimate of drug-likeness (QED) is 0.912. The van der Waals surface area contributed by atoms with Crippen LogP contribution < -0.4 is 4.74 Å². The maximum Gasteiger partial charge on any atom is 0.141 e. The van der Waals surface area contributed by atoms with Gasteiger partial charge in [-0.15, -0.1) is 5.10 Å². The summed E-state index contributed by atoms with van der Waals surface area (Å²) in [5, 5.41) is 12.7. The highest BCUT2D eigenvalue weighted by atomic mass is 35.5. The molecule has 0 atom stereocenters. The number of hydrogen-bond donors (Lipinski definition) is 1. The van der Waals surface area contributed by atoms with Crippen LogP contribution in [0.2, 0.25) is 4.34 Å². The molecule has 2 rings (SSSR count). The molecule has 0 aliphatic carbocycles. The van der Waals surface area contributed by atoms with Crippen LogP contribution in [0, 0.1) is 0 Å². The van der Waals surface area contributed by atoms with E-state index in [4.69, 9.17) is 21.4 Å². The first-order chi connectivity index (χ1) is 7.79. The minimum absolute atomic E-state index is 0.0299. The molecule has 0 radical (unpaired) electrons. The highest BCUT2D eigenvalue weighted by Crippen LogP contribution is 2.20. The van der Waals surface area contributed by atoms with Crippen molar-refractivity contribution in [1.29, 1.82) is 0 Å². The summed E-state index contributed by atoms with van der Waals surface area (Å²) < 4.78 is 9.72. The lowest BCUT2D eigenvalue weighted by Crippen LogP contribution is -1.96. The van der Waals surface area contributed by atoms with Crippen molar-refractivity contribution in [1.82, 2.24) is 9.59 Å². The van der Waals surface area contributed by atoms with E-state index in [-0.39, 0.29) is 6.61 Å². The van der Waals surface area contributed by atoms with Crippen LogP contribution in [-0.2, 0) is 13.2 Å². The van der Waals surface area contributed by atoms with Crippen molar-refractivity contribution in [2.75, 3.05) is 0 Å². The number of hydrogen-bond acceptors (Lipinski definition) is 5. The summed E-state index contributed by atoms with van der Waals surface area (Å²) in [5.41, 5.74) is 1.48. The first-order valence-electron chi connectivity index (χ1n) is 4.59. The number of ether oxygens (including phenoxy) is 1. The Balaban J connectivity index is 1.97. The first-order valence-corrected chi connectivity index (χ1v) is 5.74. The van der Waals surface area contributed by atoms with E-state index in [2.05, 4.69) is 9.59 Å². The normalized spacial score (nSPS) is 10.4. The second kappa shape index (κ2) is 5.25. The molecule has 84 valence electrons. The standard InChI is InChI=1S/C10H9ClN2O2S/c11-10-9(12-13-16-10)6-15-8-3-1-7(5-14)2-4-8/h1-4,14H,5-6H2. The lowest BCUT2D eigenvalue weighted by Gasteiger charge is -2.04. The summed E-state index contributed by atoms with van der Waals surface area (Å²) in [7, 11) is 0. The zero-order valence-electron chi connectivity index (χ0n) is 8.26. The van der Waals surface area contributed by atoms with Crippen LogP contribution in [0.3, 0.4) is 0 Å². The summed E-state index contributed by atoms with van der Waals surface area (Å²) in [6, 6.07) is 7.19. The minimum Gasteiger partial charge on any atom is -0.487 e. The predicted molar refractivity (Wildman–Crippen MR) is 61.6 cm³/mol. The van der Waals surface area contributed by atoms with Crippen LogP contribution in [-0.4, -0.2) is 14.7 Å². The Bertz CT molecular complexity index is 458. The minimum atomic E-state index is 0.0299. The molecule has 4 nitrogen and oxygen atoms in total. The molecule has 0 aliphatic rings. The maximum atomic E-state index is 8.87. The number of aliphatic hydroxyl groups is 1. The van der Waals surface area contributed by atoms with E-state index >= 15 is 0 Å². The predicted octanol–water partition coefficient (Wildman–Crippen LogP) is 2.26. The second-order valence-electron chi connectivity index (χ2n) is 3.08. The van der Waals surface area contributed by atoms with Crippen molar-refractivity contribution < 1.29 is 9.84 Å². The Kier molecular flexibility index (Phi) is 3.71. The fourth-order valence-electron chi connectivity index (χ4n) is 1.13. The van der Waals surface area contributed by atoms with Crippen LogP contribution in [0.1, 0.15) is 11.3 Å². The largest absolute Gasteiger partial charge is 0.487 e. The van der Waals surface area contributed by atoms with Crippen molar-refractivity contribution in [3.8, 4) is 5.75 Å². The molecule has 0 bridgehead atoms. The molecule has 1 aromatic carbocycles. The summed E-state index contributed by atoms with van der Waals surface area (Å²) in [5.74, 6) is 0.710. The van der Waals surface area contributed by atoms with E-state index in [0.717, 1.165) is 17.1 Å². The Hall–Kier alpha value is -1.17. The van der Waals surface area contributed by atoms with Crippen molar-refractivity contribution in [2.45, 2.75) is 13.2 Å². The Morgan fingerprint density at radius 2 is 2.06 bits per heavy atom. The highest BCUT2D eigenvalue weighted by molar-refractivity contribution is 7.10. The lowest BCUT2D eigenvalue weighted by molar-refractivity contribution is 0.280. The zero-order valence-corrected chi connectivity index (χ0v) is 9.83.